The van der Waals surface area contributed by atoms with Crippen LogP contribution in [0.4, 0.5) is 10.1 Å². The van der Waals surface area contributed by atoms with Crippen LogP contribution in [0.15, 0.2) is 18.2 Å². The summed E-state index contributed by atoms with van der Waals surface area (Å²) in [5.41, 5.74) is 6.52. The number of anilines is 1. The Hall–Kier alpha value is -1.17. The van der Waals surface area contributed by atoms with E-state index in [9.17, 15) is 9.50 Å². The van der Waals surface area contributed by atoms with E-state index in [0.717, 1.165) is 11.3 Å². The van der Waals surface area contributed by atoms with E-state index in [1.54, 1.807) is 6.07 Å². The molecular formula is C14H21FN2O2. The van der Waals surface area contributed by atoms with Crippen molar-refractivity contribution in [3.8, 4) is 0 Å². The van der Waals surface area contributed by atoms with Crippen LogP contribution in [0.5, 0.6) is 0 Å². The van der Waals surface area contributed by atoms with E-state index in [2.05, 4.69) is 0 Å². The van der Waals surface area contributed by atoms with Gasteiger partial charge in [0.1, 0.15) is 5.82 Å². The van der Waals surface area contributed by atoms with Crippen LogP contribution in [0.2, 0.25) is 0 Å². The second kappa shape index (κ2) is 5.86. The SMILES string of the molecule is CN(CC1(O)CCOCC1)c1ccc(F)cc1CN. The number of aliphatic hydroxyl groups is 1. The Kier molecular flexibility index (Phi) is 4.39. The first-order valence-corrected chi connectivity index (χ1v) is 6.54. The molecule has 5 heteroatoms. The minimum Gasteiger partial charge on any atom is -0.388 e. The van der Waals surface area contributed by atoms with Gasteiger partial charge in [0, 0.05) is 51.9 Å². The van der Waals surface area contributed by atoms with Crippen LogP contribution in [-0.2, 0) is 11.3 Å². The van der Waals surface area contributed by atoms with Gasteiger partial charge in [-0.1, -0.05) is 0 Å². The molecule has 19 heavy (non-hydrogen) atoms. The van der Waals surface area contributed by atoms with Gasteiger partial charge < -0.3 is 20.5 Å². The van der Waals surface area contributed by atoms with Crippen molar-refractivity contribution >= 4 is 5.69 Å². The molecule has 0 radical (unpaired) electrons. The smallest absolute Gasteiger partial charge is 0.123 e. The highest BCUT2D eigenvalue weighted by atomic mass is 19.1. The van der Waals surface area contributed by atoms with Crippen molar-refractivity contribution in [3.05, 3.63) is 29.6 Å². The predicted molar refractivity (Wildman–Crippen MR) is 72.6 cm³/mol. The van der Waals surface area contributed by atoms with E-state index in [1.165, 1.54) is 12.1 Å². The minimum absolute atomic E-state index is 0.277. The molecule has 1 aromatic rings. The third-order valence-corrected chi connectivity index (χ3v) is 3.63. The van der Waals surface area contributed by atoms with Crippen molar-refractivity contribution < 1.29 is 14.2 Å². The Bertz CT molecular complexity index is 433. The molecule has 1 heterocycles. The van der Waals surface area contributed by atoms with Gasteiger partial charge in [0.2, 0.25) is 0 Å². The van der Waals surface area contributed by atoms with Crippen LogP contribution in [0, 0.1) is 5.82 Å². The Balaban J connectivity index is 2.12. The highest BCUT2D eigenvalue weighted by molar-refractivity contribution is 5.53. The molecule has 0 unspecified atom stereocenters. The summed E-state index contributed by atoms with van der Waals surface area (Å²) in [7, 11) is 1.89. The van der Waals surface area contributed by atoms with Gasteiger partial charge in [-0.15, -0.1) is 0 Å². The van der Waals surface area contributed by atoms with Crippen molar-refractivity contribution in [2.24, 2.45) is 5.73 Å². The molecule has 0 aromatic heterocycles. The number of nitrogens with two attached hydrogens (primary N) is 1. The maximum Gasteiger partial charge on any atom is 0.123 e. The molecule has 1 saturated heterocycles. The summed E-state index contributed by atoms with van der Waals surface area (Å²) in [4.78, 5) is 1.94. The van der Waals surface area contributed by atoms with Crippen molar-refractivity contribution in [2.45, 2.75) is 25.0 Å². The maximum atomic E-state index is 13.2. The first-order chi connectivity index (χ1) is 9.04. The summed E-state index contributed by atoms with van der Waals surface area (Å²) < 4.78 is 18.5. The van der Waals surface area contributed by atoms with Gasteiger partial charge in [-0.3, -0.25) is 0 Å². The van der Waals surface area contributed by atoms with Crippen LogP contribution in [0.1, 0.15) is 18.4 Å². The van der Waals surface area contributed by atoms with Crippen molar-refractivity contribution in [1.29, 1.82) is 0 Å². The molecule has 1 aliphatic heterocycles. The third-order valence-electron chi connectivity index (χ3n) is 3.63. The number of likely N-dealkylation sites (N-methyl/N-ethyl adjacent to an activating group) is 1. The molecule has 1 fully saturated rings. The third kappa shape index (κ3) is 3.43. The van der Waals surface area contributed by atoms with Gasteiger partial charge in [0.15, 0.2) is 0 Å². The summed E-state index contributed by atoms with van der Waals surface area (Å²) in [5, 5.41) is 10.5. The molecule has 106 valence electrons. The van der Waals surface area contributed by atoms with Crippen molar-refractivity contribution in [2.75, 3.05) is 31.7 Å². The van der Waals surface area contributed by atoms with Gasteiger partial charge >= 0.3 is 0 Å². The zero-order valence-corrected chi connectivity index (χ0v) is 11.2. The average molecular weight is 268 g/mol. The van der Waals surface area contributed by atoms with Gasteiger partial charge in [-0.25, -0.2) is 4.39 Å². The highest BCUT2D eigenvalue weighted by Gasteiger charge is 2.31. The Morgan fingerprint density at radius 1 is 1.42 bits per heavy atom. The maximum absolute atomic E-state index is 13.2. The number of nitrogens with zero attached hydrogens (tertiary/aromatic N) is 1. The lowest BCUT2D eigenvalue weighted by Gasteiger charge is -2.36. The topological polar surface area (TPSA) is 58.7 Å². The summed E-state index contributed by atoms with van der Waals surface area (Å²) in [5.74, 6) is -0.289. The first kappa shape index (κ1) is 14.2. The van der Waals surface area contributed by atoms with E-state index in [1.807, 2.05) is 11.9 Å². The van der Waals surface area contributed by atoms with Gasteiger partial charge in [-0.2, -0.15) is 0 Å². The standard InChI is InChI=1S/C14H21FN2O2/c1-17(10-14(18)4-6-19-7-5-14)13-3-2-12(15)8-11(13)9-16/h2-3,8,18H,4-7,9-10,16H2,1H3. The number of rotatable bonds is 4. The van der Waals surface area contributed by atoms with E-state index in [4.69, 9.17) is 10.5 Å². The lowest BCUT2D eigenvalue weighted by molar-refractivity contribution is -0.0572. The van der Waals surface area contributed by atoms with Crippen LogP contribution >= 0.6 is 0 Å². The first-order valence-electron chi connectivity index (χ1n) is 6.54. The second-order valence-electron chi connectivity index (χ2n) is 5.17. The van der Waals surface area contributed by atoms with Crippen molar-refractivity contribution in [3.63, 3.8) is 0 Å². The molecule has 3 N–H and O–H groups in total. The number of benzene rings is 1. The number of hydrogen-bond acceptors (Lipinski definition) is 4. The fourth-order valence-corrected chi connectivity index (χ4v) is 2.53. The van der Waals surface area contributed by atoms with Crippen molar-refractivity contribution in [1.82, 2.24) is 0 Å². The molecule has 0 amide bonds. The molecule has 4 nitrogen and oxygen atoms in total. The molecule has 0 saturated carbocycles. The summed E-state index contributed by atoms with van der Waals surface area (Å²) in [6, 6.07) is 4.57. The predicted octanol–water partition coefficient (Wildman–Crippen LogP) is 1.26. The quantitative estimate of drug-likeness (QED) is 0.863. The second-order valence-corrected chi connectivity index (χ2v) is 5.17. The normalized spacial score (nSPS) is 18.3. The van der Waals surface area contributed by atoms with E-state index < -0.39 is 5.60 Å². The molecule has 0 spiro atoms. The molecule has 0 atom stereocenters. The average Bonchev–Trinajstić information content (AvgIpc) is 2.38. The summed E-state index contributed by atoms with van der Waals surface area (Å²) in [6.07, 6.45) is 1.24. The zero-order chi connectivity index (χ0) is 13.9. The number of hydrogen-bond donors (Lipinski definition) is 2. The Morgan fingerprint density at radius 3 is 2.74 bits per heavy atom. The largest absolute Gasteiger partial charge is 0.388 e. The fourth-order valence-electron chi connectivity index (χ4n) is 2.53. The summed E-state index contributed by atoms with van der Waals surface area (Å²) >= 11 is 0. The van der Waals surface area contributed by atoms with Gasteiger partial charge in [0.25, 0.3) is 0 Å². The van der Waals surface area contributed by atoms with E-state index in [-0.39, 0.29) is 12.4 Å². The Labute approximate surface area is 113 Å². The molecule has 1 aliphatic rings. The Morgan fingerprint density at radius 2 is 2.11 bits per heavy atom. The zero-order valence-electron chi connectivity index (χ0n) is 11.2. The van der Waals surface area contributed by atoms with Crippen LogP contribution in [0.3, 0.4) is 0 Å². The lowest BCUT2D eigenvalue weighted by Crippen LogP contribution is -2.46. The van der Waals surface area contributed by atoms with Crippen LogP contribution in [0.25, 0.3) is 0 Å². The molecule has 0 bridgehead atoms. The van der Waals surface area contributed by atoms with E-state index in [0.29, 0.717) is 32.6 Å². The molecule has 2 rings (SSSR count). The van der Waals surface area contributed by atoms with E-state index >= 15 is 0 Å². The number of halogens is 1. The molecule has 0 aliphatic carbocycles. The van der Waals surface area contributed by atoms with Gasteiger partial charge in [0.05, 0.1) is 5.60 Å². The summed E-state index contributed by atoms with van der Waals surface area (Å²) in [6.45, 7) is 1.93. The molecular weight excluding hydrogens is 247 g/mol. The number of ether oxygens (including phenoxy) is 1. The minimum atomic E-state index is -0.743. The lowest BCUT2D eigenvalue weighted by atomic mass is 9.93. The van der Waals surface area contributed by atoms with Crippen LogP contribution in [-0.4, -0.2) is 37.5 Å². The fraction of sp³-hybridized carbons (Fsp3) is 0.571. The highest BCUT2D eigenvalue weighted by Crippen LogP contribution is 2.26. The molecule has 1 aromatic carbocycles. The van der Waals surface area contributed by atoms with Gasteiger partial charge in [-0.05, 0) is 23.8 Å². The monoisotopic (exact) mass is 268 g/mol. The van der Waals surface area contributed by atoms with Crippen LogP contribution < -0.4 is 10.6 Å².